The van der Waals surface area contributed by atoms with Crippen molar-refractivity contribution >= 4 is 0 Å². The minimum absolute atomic E-state index is 0.187. The van der Waals surface area contributed by atoms with Crippen LogP contribution in [0.25, 0.3) is 0 Å². The Labute approximate surface area is 108 Å². The van der Waals surface area contributed by atoms with E-state index in [0.717, 1.165) is 31.4 Å². The molecule has 2 aliphatic rings. The van der Waals surface area contributed by atoms with Gasteiger partial charge in [0.1, 0.15) is 5.75 Å². The Bertz CT molecular complexity index is 403. The number of rotatable bonds is 5. The lowest BCUT2D eigenvalue weighted by Gasteiger charge is -2.21. The van der Waals surface area contributed by atoms with Crippen LogP contribution in [0.4, 0.5) is 0 Å². The maximum absolute atomic E-state index is 5.93. The van der Waals surface area contributed by atoms with E-state index in [4.69, 9.17) is 9.47 Å². The lowest BCUT2D eigenvalue weighted by atomic mass is 9.94. The predicted octanol–water partition coefficient (Wildman–Crippen LogP) is 2.52. The SMILES string of the molecule is COc1ccccc1C1OCCC1CNC1CC1. The van der Waals surface area contributed by atoms with E-state index in [9.17, 15) is 0 Å². The summed E-state index contributed by atoms with van der Waals surface area (Å²) in [7, 11) is 1.73. The lowest BCUT2D eigenvalue weighted by Crippen LogP contribution is -2.26. The Kier molecular flexibility index (Phi) is 3.52. The van der Waals surface area contributed by atoms with E-state index in [1.165, 1.54) is 18.4 Å². The molecule has 98 valence electrons. The predicted molar refractivity (Wildman–Crippen MR) is 70.8 cm³/mol. The van der Waals surface area contributed by atoms with E-state index >= 15 is 0 Å². The molecule has 1 saturated heterocycles. The zero-order valence-electron chi connectivity index (χ0n) is 10.9. The molecule has 1 heterocycles. The molecule has 3 rings (SSSR count). The molecule has 18 heavy (non-hydrogen) atoms. The number of methoxy groups -OCH3 is 1. The summed E-state index contributed by atoms with van der Waals surface area (Å²) in [5.41, 5.74) is 1.19. The number of hydrogen-bond donors (Lipinski definition) is 1. The van der Waals surface area contributed by atoms with Gasteiger partial charge in [0.2, 0.25) is 0 Å². The van der Waals surface area contributed by atoms with Crippen LogP contribution in [0, 0.1) is 5.92 Å². The van der Waals surface area contributed by atoms with Crippen LogP contribution in [0.2, 0.25) is 0 Å². The van der Waals surface area contributed by atoms with E-state index < -0.39 is 0 Å². The Morgan fingerprint density at radius 1 is 1.28 bits per heavy atom. The van der Waals surface area contributed by atoms with Crippen LogP contribution in [0.15, 0.2) is 24.3 Å². The molecule has 1 aliphatic carbocycles. The molecular weight excluding hydrogens is 226 g/mol. The summed E-state index contributed by atoms with van der Waals surface area (Å²) >= 11 is 0. The molecule has 0 radical (unpaired) electrons. The highest BCUT2D eigenvalue weighted by Gasteiger charge is 2.32. The van der Waals surface area contributed by atoms with Gasteiger partial charge < -0.3 is 14.8 Å². The zero-order valence-corrected chi connectivity index (χ0v) is 10.9. The molecule has 3 heteroatoms. The molecule has 0 spiro atoms. The van der Waals surface area contributed by atoms with Gasteiger partial charge in [-0.05, 0) is 25.3 Å². The minimum atomic E-state index is 0.187. The molecule has 0 amide bonds. The first-order valence-electron chi connectivity index (χ1n) is 6.86. The molecule has 0 aromatic heterocycles. The van der Waals surface area contributed by atoms with E-state index in [2.05, 4.69) is 17.4 Å². The second-order valence-electron chi connectivity index (χ2n) is 5.26. The van der Waals surface area contributed by atoms with Crippen molar-refractivity contribution in [2.45, 2.75) is 31.4 Å². The molecule has 3 nitrogen and oxygen atoms in total. The van der Waals surface area contributed by atoms with Crippen molar-refractivity contribution < 1.29 is 9.47 Å². The second-order valence-corrected chi connectivity index (χ2v) is 5.26. The van der Waals surface area contributed by atoms with Crippen LogP contribution < -0.4 is 10.1 Å². The summed E-state index contributed by atoms with van der Waals surface area (Å²) in [5, 5.41) is 3.61. The first-order valence-corrected chi connectivity index (χ1v) is 6.86. The normalized spacial score (nSPS) is 27.4. The molecule has 2 unspecified atom stereocenters. The fourth-order valence-electron chi connectivity index (χ4n) is 2.69. The number of para-hydroxylation sites is 1. The Morgan fingerprint density at radius 3 is 2.89 bits per heavy atom. The van der Waals surface area contributed by atoms with E-state index in [1.54, 1.807) is 7.11 Å². The average molecular weight is 247 g/mol. The third-order valence-electron chi connectivity index (χ3n) is 3.91. The van der Waals surface area contributed by atoms with Crippen molar-refractivity contribution in [2.24, 2.45) is 5.92 Å². The highest BCUT2D eigenvalue weighted by Crippen LogP contribution is 2.38. The first kappa shape index (κ1) is 12.0. The van der Waals surface area contributed by atoms with E-state index in [-0.39, 0.29) is 6.10 Å². The van der Waals surface area contributed by atoms with Crippen molar-refractivity contribution in [1.29, 1.82) is 0 Å². The van der Waals surface area contributed by atoms with Crippen molar-refractivity contribution in [3.63, 3.8) is 0 Å². The van der Waals surface area contributed by atoms with Crippen LogP contribution in [0.3, 0.4) is 0 Å². The quantitative estimate of drug-likeness (QED) is 0.867. The largest absolute Gasteiger partial charge is 0.496 e. The van der Waals surface area contributed by atoms with Gasteiger partial charge in [-0.1, -0.05) is 18.2 Å². The van der Waals surface area contributed by atoms with Gasteiger partial charge in [0.15, 0.2) is 0 Å². The fourth-order valence-corrected chi connectivity index (χ4v) is 2.69. The molecule has 0 bridgehead atoms. The van der Waals surface area contributed by atoms with Crippen molar-refractivity contribution in [1.82, 2.24) is 5.32 Å². The van der Waals surface area contributed by atoms with E-state index in [1.807, 2.05) is 12.1 Å². The molecule has 1 N–H and O–H groups in total. The fraction of sp³-hybridized carbons (Fsp3) is 0.600. The van der Waals surface area contributed by atoms with Crippen LogP contribution in [0.5, 0.6) is 5.75 Å². The maximum atomic E-state index is 5.93. The first-order chi connectivity index (χ1) is 8.88. The number of hydrogen-bond acceptors (Lipinski definition) is 3. The molecule has 2 atom stereocenters. The maximum Gasteiger partial charge on any atom is 0.124 e. The highest BCUT2D eigenvalue weighted by molar-refractivity contribution is 5.36. The number of nitrogens with one attached hydrogen (secondary N) is 1. The molecule has 1 aliphatic heterocycles. The highest BCUT2D eigenvalue weighted by atomic mass is 16.5. The standard InChI is InChI=1S/C15H21NO2/c1-17-14-5-3-2-4-13(14)15-11(8-9-18-15)10-16-12-6-7-12/h2-5,11-12,15-16H,6-10H2,1H3. The van der Waals surface area contributed by atoms with Crippen LogP contribution in [-0.4, -0.2) is 26.3 Å². The minimum Gasteiger partial charge on any atom is -0.496 e. The summed E-state index contributed by atoms with van der Waals surface area (Å²) in [4.78, 5) is 0. The summed E-state index contributed by atoms with van der Waals surface area (Å²) in [6.07, 6.45) is 4.01. The Balaban J connectivity index is 1.71. The Hall–Kier alpha value is -1.06. The Morgan fingerprint density at radius 2 is 2.11 bits per heavy atom. The topological polar surface area (TPSA) is 30.5 Å². The van der Waals surface area contributed by atoms with Gasteiger partial charge >= 0.3 is 0 Å². The van der Waals surface area contributed by atoms with Gasteiger partial charge in [-0.25, -0.2) is 0 Å². The molecular formula is C15H21NO2. The van der Waals surface area contributed by atoms with Crippen molar-refractivity contribution in [2.75, 3.05) is 20.3 Å². The van der Waals surface area contributed by atoms with Crippen LogP contribution in [-0.2, 0) is 4.74 Å². The number of ether oxygens (including phenoxy) is 2. The molecule has 2 fully saturated rings. The van der Waals surface area contributed by atoms with Crippen molar-refractivity contribution in [3.8, 4) is 5.75 Å². The van der Waals surface area contributed by atoms with Gasteiger partial charge in [0.05, 0.1) is 13.2 Å². The molecule has 1 aromatic carbocycles. The van der Waals surface area contributed by atoms with Crippen LogP contribution >= 0.6 is 0 Å². The summed E-state index contributed by atoms with van der Waals surface area (Å²) < 4.78 is 11.4. The third-order valence-corrected chi connectivity index (χ3v) is 3.91. The monoisotopic (exact) mass is 247 g/mol. The molecule has 1 saturated carbocycles. The third kappa shape index (κ3) is 2.52. The molecule has 1 aromatic rings. The van der Waals surface area contributed by atoms with Gasteiger partial charge in [0.25, 0.3) is 0 Å². The summed E-state index contributed by atoms with van der Waals surface area (Å²) in [6.45, 7) is 1.92. The zero-order chi connectivity index (χ0) is 12.4. The second kappa shape index (κ2) is 5.29. The van der Waals surface area contributed by atoms with Gasteiger partial charge in [0, 0.05) is 30.7 Å². The van der Waals surface area contributed by atoms with Crippen LogP contribution in [0.1, 0.15) is 30.9 Å². The van der Waals surface area contributed by atoms with Gasteiger partial charge in [-0.2, -0.15) is 0 Å². The van der Waals surface area contributed by atoms with Crippen molar-refractivity contribution in [3.05, 3.63) is 29.8 Å². The summed E-state index contributed by atoms with van der Waals surface area (Å²) in [5.74, 6) is 1.52. The smallest absolute Gasteiger partial charge is 0.124 e. The van der Waals surface area contributed by atoms with Gasteiger partial charge in [-0.15, -0.1) is 0 Å². The average Bonchev–Trinajstić information content (AvgIpc) is 3.13. The van der Waals surface area contributed by atoms with E-state index in [0.29, 0.717) is 5.92 Å². The number of benzene rings is 1. The van der Waals surface area contributed by atoms with Gasteiger partial charge in [-0.3, -0.25) is 0 Å². The lowest BCUT2D eigenvalue weighted by molar-refractivity contribution is 0.0882. The summed E-state index contributed by atoms with van der Waals surface area (Å²) in [6, 6.07) is 8.98.